The minimum Gasteiger partial charge on any atom is -0.427 e. The molecule has 8 nitrogen and oxygen atoms in total. The van der Waals surface area contributed by atoms with Crippen LogP contribution in [0, 0.1) is 0 Å². The fourth-order valence-electron chi connectivity index (χ4n) is 3.61. The maximum atomic E-state index is 11.9. The molecule has 2 aromatic heterocycles. The summed E-state index contributed by atoms with van der Waals surface area (Å²) in [6.45, 7) is 8.33. The molecule has 0 amide bonds. The summed E-state index contributed by atoms with van der Waals surface area (Å²) in [4.78, 5) is 19.6. The molecule has 0 aliphatic rings. The van der Waals surface area contributed by atoms with Crippen LogP contribution in [0.1, 0.15) is 46.5 Å². The molecule has 0 unspecified atom stereocenters. The van der Waals surface area contributed by atoms with E-state index < -0.39 is 0 Å². The zero-order valence-electron chi connectivity index (χ0n) is 21.3. The van der Waals surface area contributed by atoms with Crippen molar-refractivity contribution in [3.8, 4) is 5.75 Å². The van der Waals surface area contributed by atoms with Crippen LogP contribution in [0.4, 0.5) is 27.2 Å². The zero-order chi connectivity index (χ0) is 26.0. The van der Waals surface area contributed by atoms with E-state index in [1.54, 1.807) is 24.3 Å². The van der Waals surface area contributed by atoms with Crippen LogP contribution in [-0.2, 0) is 4.79 Å². The average Bonchev–Trinajstić information content (AvgIpc) is 3.47. The van der Waals surface area contributed by atoms with Crippen molar-refractivity contribution in [2.75, 3.05) is 18.0 Å². The van der Waals surface area contributed by atoms with Gasteiger partial charge in [0.05, 0.1) is 16.1 Å². The molecule has 0 saturated heterocycles. The molecule has 2 heterocycles. The standard InChI is InChI=1S/C27H30N6O2S2/c1-4-7-8-9-25(34)35-22-16-12-20(13-17-22)29-31-24-18-23-26(37-24)28-27(36-23)32-30-19-10-14-21(15-11-19)33(5-2)6-3/h10-18H,4-9H2,1-3H3. The molecule has 0 aliphatic carbocycles. The number of hydrogen-bond donors (Lipinski definition) is 0. The Morgan fingerprint density at radius 1 is 0.865 bits per heavy atom. The largest absolute Gasteiger partial charge is 0.427 e. The first-order valence-electron chi connectivity index (χ1n) is 12.5. The second-order valence-corrected chi connectivity index (χ2v) is 10.3. The topological polar surface area (TPSA) is 91.9 Å². The van der Waals surface area contributed by atoms with Crippen molar-refractivity contribution in [1.82, 2.24) is 4.98 Å². The van der Waals surface area contributed by atoms with Gasteiger partial charge in [0, 0.05) is 25.2 Å². The van der Waals surface area contributed by atoms with E-state index in [2.05, 4.69) is 63.2 Å². The number of unbranched alkanes of at least 4 members (excludes halogenated alkanes) is 2. The first-order chi connectivity index (χ1) is 18.1. The van der Waals surface area contributed by atoms with E-state index in [0.717, 1.165) is 52.6 Å². The first-order valence-corrected chi connectivity index (χ1v) is 14.1. The Bertz CT molecular complexity index is 1320. The van der Waals surface area contributed by atoms with Gasteiger partial charge in [0.2, 0.25) is 5.13 Å². The minimum atomic E-state index is -0.207. The smallest absolute Gasteiger partial charge is 0.311 e. The van der Waals surface area contributed by atoms with Crippen molar-refractivity contribution >= 4 is 65.4 Å². The van der Waals surface area contributed by atoms with E-state index in [1.807, 2.05) is 18.2 Å². The van der Waals surface area contributed by atoms with Crippen LogP contribution < -0.4 is 9.64 Å². The number of aromatic nitrogens is 1. The minimum absolute atomic E-state index is 0.207. The van der Waals surface area contributed by atoms with Gasteiger partial charge in [-0.2, -0.15) is 0 Å². The Hall–Kier alpha value is -3.50. The molecule has 0 bridgehead atoms. The van der Waals surface area contributed by atoms with E-state index in [0.29, 0.717) is 23.0 Å². The van der Waals surface area contributed by atoms with Crippen molar-refractivity contribution in [2.24, 2.45) is 20.5 Å². The van der Waals surface area contributed by atoms with Gasteiger partial charge >= 0.3 is 5.97 Å². The number of benzene rings is 2. The van der Waals surface area contributed by atoms with Gasteiger partial charge in [-0.1, -0.05) is 42.4 Å². The number of nitrogens with zero attached hydrogens (tertiary/aromatic N) is 6. The Balaban J connectivity index is 1.33. The van der Waals surface area contributed by atoms with Crippen LogP contribution in [-0.4, -0.2) is 24.0 Å². The lowest BCUT2D eigenvalue weighted by molar-refractivity contribution is -0.134. The highest BCUT2D eigenvalue weighted by atomic mass is 32.1. The monoisotopic (exact) mass is 534 g/mol. The van der Waals surface area contributed by atoms with Crippen LogP contribution in [0.2, 0.25) is 0 Å². The summed E-state index contributed by atoms with van der Waals surface area (Å²) in [5.74, 6) is 0.309. The van der Waals surface area contributed by atoms with Gasteiger partial charge in [0.15, 0.2) is 0 Å². The van der Waals surface area contributed by atoms with Crippen molar-refractivity contribution in [3.63, 3.8) is 0 Å². The van der Waals surface area contributed by atoms with Gasteiger partial charge in [-0.3, -0.25) is 4.79 Å². The second kappa shape index (κ2) is 13.2. The first kappa shape index (κ1) is 26.6. The van der Waals surface area contributed by atoms with Crippen molar-refractivity contribution < 1.29 is 9.53 Å². The molecule has 37 heavy (non-hydrogen) atoms. The highest BCUT2D eigenvalue weighted by molar-refractivity contribution is 7.30. The number of ether oxygens (including phenoxy) is 1. The van der Waals surface area contributed by atoms with Gasteiger partial charge in [0.1, 0.15) is 15.6 Å². The number of hydrogen-bond acceptors (Lipinski definition) is 10. The summed E-state index contributed by atoms with van der Waals surface area (Å²) in [5, 5.41) is 18.6. The van der Waals surface area contributed by atoms with E-state index in [9.17, 15) is 4.79 Å². The number of esters is 1. The van der Waals surface area contributed by atoms with Crippen molar-refractivity contribution in [3.05, 3.63) is 54.6 Å². The number of thiophene rings is 1. The fourth-order valence-corrected chi connectivity index (χ4v) is 5.46. The van der Waals surface area contributed by atoms with Gasteiger partial charge in [-0.05, 0) is 74.9 Å². The predicted octanol–water partition coefficient (Wildman–Crippen LogP) is 9.52. The van der Waals surface area contributed by atoms with Crippen molar-refractivity contribution in [1.29, 1.82) is 0 Å². The zero-order valence-corrected chi connectivity index (χ0v) is 22.9. The number of carbonyl (C=O) groups is 1. The third-order valence-electron chi connectivity index (χ3n) is 5.61. The number of carbonyl (C=O) groups excluding carboxylic acids is 1. The molecule has 2 aromatic carbocycles. The number of thiazole rings is 1. The van der Waals surface area contributed by atoms with Gasteiger partial charge in [-0.15, -0.1) is 20.5 Å². The Labute approximate surface area is 224 Å². The maximum absolute atomic E-state index is 11.9. The third kappa shape index (κ3) is 7.50. The molecule has 0 atom stereocenters. The Kier molecular flexibility index (Phi) is 9.45. The molecule has 0 saturated carbocycles. The molecule has 0 fully saturated rings. The third-order valence-corrected chi connectivity index (χ3v) is 7.54. The summed E-state index contributed by atoms with van der Waals surface area (Å²) in [6, 6.07) is 17.0. The average molecular weight is 535 g/mol. The lowest BCUT2D eigenvalue weighted by Crippen LogP contribution is -2.21. The Morgan fingerprint density at radius 2 is 1.54 bits per heavy atom. The molecular formula is C27H30N6O2S2. The molecule has 0 spiro atoms. The number of rotatable bonds is 12. The summed E-state index contributed by atoms with van der Waals surface area (Å²) in [7, 11) is 0. The van der Waals surface area contributed by atoms with Gasteiger partial charge in [-0.25, -0.2) is 4.98 Å². The lowest BCUT2D eigenvalue weighted by atomic mass is 10.2. The van der Waals surface area contributed by atoms with E-state index in [-0.39, 0.29) is 5.97 Å². The van der Waals surface area contributed by atoms with Gasteiger partial charge < -0.3 is 9.64 Å². The molecule has 0 N–H and O–H groups in total. The molecular weight excluding hydrogens is 504 g/mol. The normalized spacial score (nSPS) is 11.6. The summed E-state index contributed by atoms with van der Waals surface area (Å²) >= 11 is 2.92. The van der Waals surface area contributed by atoms with Crippen molar-refractivity contribution in [2.45, 2.75) is 46.5 Å². The Morgan fingerprint density at radius 3 is 2.19 bits per heavy atom. The number of anilines is 1. The van der Waals surface area contributed by atoms with Crippen LogP contribution in [0.25, 0.3) is 9.53 Å². The highest BCUT2D eigenvalue weighted by Gasteiger charge is 2.09. The second-order valence-electron chi connectivity index (χ2n) is 8.26. The van der Waals surface area contributed by atoms with E-state index in [1.165, 1.54) is 28.4 Å². The van der Waals surface area contributed by atoms with E-state index in [4.69, 9.17) is 4.74 Å². The molecule has 4 rings (SSSR count). The quantitative estimate of drug-likeness (QED) is 0.0783. The molecule has 10 heteroatoms. The highest BCUT2D eigenvalue weighted by Crippen LogP contribution is 2.39. The SMILES string of the molecule is CCCCCC(=O)Oc1ccc(N=Nc2cc3sc(N=Nc4ccc(N(CC)CC)cc4)nc3s2)cc1. The summed E-state index contributed by atoms with van der Waals surface area (Å²) in [5.41, 5.74) is 2.65. The molecule has 0 aliphatic heterocycles. The lowest BCUT2D eigenvalue weighted by Gasteiger charge is -2.20. The molecule has 192 valence electrons. The number of azo groups is 2. The van der Waals surface area contributed by atoms with Crippen LogP contribution >= 0.6 is 22.7 Å². The molecule has 0 radical (unpaired) electrons. The van der Waals surface area contributed by atoms with Crippen LogP contribution in [0.15, 0.2) is 75.1 Å². The fraction of sp³-hybridized carbons (Fsp3) is 0.333. The summed E-state index contributed by atoms with van der Waals surface area (Å²) in [6.07, 6.45) is 3.39. The summed E-state index contributed by atoms with van der Waals surface area (Å²) < 4.78 is 6.35. The predicted molar refractivity (Wildman–Crippen MR) is 152 cm³/mol. The van der Waals surface area contributed by atoms with Crippen LogP contribution in [0.3, 0.4) is 0 Å². The van der Waals surface area contributed by atoms with Gasteiger partial charge in [0.25, 0.3) is 0 Å². The molecule has 4 aromatic rings. The van der Waals surface area contributed by atoms with Crippen LogP contribution in [0.5, 0.6) is 5.75 Å². The number of fused-ring (bicyclic) bond motifs is 1. The maximum Gasteiger partial charge on any atom is 0.311 e. The van der Waals surface area contributed by atoms with E-state index >= 15 is 0 Å².